The number of benzene rings is 18. The largest absolute Gasteiger partial charge is 0.309 e. The van der Waals surface area contributed by atoms with Crippen LogP contribution >= 0.6 is 23.5 Å². The van der Waals surface area contributed by atoms with Crippen molar-refractivity contribution >= 4 is 111 Å². The van der Waals surface area contributed by atoms with Crippen LogP contribution in [0.25, 0.3) is 178 Å². The monoisotopic (exact) mass is 1660 g/mol. The van der Waals surface area contributed by atoms with Gasteiger partial charge in [-0.2, -0.15) is 0 Å². The van der Waals surface area contributed by atoms with Gasteiger partial charge in [-0.3, -0.25) is 0 Å². The minimum Gasteiger partial charge on any atom is -0.309 e. The minimum atomic E-state index is -0.575. The predicted octanol–water partition coefficient (Wildman–Crippen LogP) is 29.7. The maximum atomic E-state index is 5.16. The average Bonchev–Trinajstić information content (AvgIpc) is 1.37. The molecule has 0 amide bonds. The molecule has 10 heterocycles. The third-order valence-electron chi connectivity index (χ3n) is 27.2. The van der Waals surface area contributed by atoms with Crippen LogP contribution < -0.4 is 0 Å². The second-order valence-corrected chi connectivity index (χ2v) is 35.9. The van der Waals surface area contributed by atoms with E-state index in [2.05, 4.69) is 431 Å². The van der Waals surface area contributed by atoms with Crippen molar-refractivity contribution in [1.82, 2.24) is 38.2 Å². The topological polar surface area (TPSA) is 71.3 Å². The molecular weight excluding hydrogens is 1590 g/mol. The summed E-state index contributed by atoms with van der Waals surface area (Å²) in [6.07, 6.45) is 0. The van der Waals surface area contributed by atoms with Crippen molar-refractivity contribution in [2.45, 2.75) is 30.4 Å². The van der Waals surface area contributed by atoms with Crippen LogP contribution in [-0.2, 0) is 10.8 Å². The summed E-state index contributed by atoms with van der Waals surface area (Å²) in [7, 11) is 0. The van der Waals surface area contributed by atoms with E-state index in [9.17, 15) is 0 Å². The first-order valence-electron chi connectivity index (χ1n) is 43.7. The van der Waals surface area contributed by atoms with Crippen molar-refractivity contribution in [2.24, 2.45) is 0 Å². The quantitative estimate of drug-likeness (QED) is 0.151. The Morgan fingerprint density at radius 3 is 0.992 bits per heavy atom. The third-order valence-corrected chi connectivity index (χ3v) is 29.5. The summed E-state index contributed by atoms with van der Waals surface area (Å²) in [5, 5.41) is 10.1. The molecule has 0 N–H and O–H groups in total. The average molecular weight is 1670 g/mol. The number of hydrogen-bond donors (Lipinski definition) is 0. The van der Waals surface area contributed by atoms with E-state index in [-0.39, 0.29) is 0 Å². The maximum Gasteiger partial charge on any atom is 0.160 e. The summed E-state index contributed by atoms with van der Waals surface area (Å²) < 4.78 is 9.96. The molecule has 18 aromatic carbocycles. The van der Waals surface area contributed by atoms with Crippen molar-refractivity contribution in [2.75, 3.05) is 0 Å². The van der Waals surface area contributed by atoms with Crippen LogP contribution in [0.2, 0.25) is 0 Å². The normalized spacial score (nSPS) is 14.9. The number of para-hydroxylation sites is 8. The van der Waals surface area contributed by atoms with Gasteiger partial charge in [-0.15, -0.1) is 0 Å². The highest BCUT2D eigenvalue weighted by Gasteiger charge is 2.52. The molecule has 0 bridgehead atoms. The van der Waals surface area contributed by atoms with Gasteiger partial charge in [0.15, 0.2) is 11.6 Å². The minimum absolute atomic E-state index is 0.552. The number of nitrogens with zero attached hydrogens (tertiary/aromatic N) is 8. The molecule has 2 unspecified atom stereocenters. The van der Waals surface area contributed by atoms with Gasteiger partial charge in [0.25, 0.3) is 0 Å². The first-order valence-corrected chi connectivity index (χ1v) is 45.3. The van der Waals surface area contributed by atoms with Crippen LogP contribution in [0.1, 0.15) is 44.5 Å². The van der Waals surface area contributed by atoms with E-state index in [1.165, 1.54) is 163 Å². The van der Waals surface area contributed by atoms with Gasteiger partial charge in [0.05, 0.1) is 89.1 Å². The Morgan fingerprint density at radius 1 is 0.188 bits per heavy atom. The van der Waals surface area contributed by atoms with Crippen LogP contribution in [0, 0.1) is 0 Å². The molecular formula is C118H72N8S2. The van der Waals surface area contributed by atoms with Gasteiger partial charge in [-0.25, -0.2) is 19.9 Å². The molecule has 0 saturated carbocycles. The van der Waals surface area contributed by atoms with E-state index in [1.807, 2.05) is 47.8 Å². The van der Waals surface area contributed by atoms with Crippen molar-refractivity contribution in [3.05, 3.63) is 481 Å². The maximum absolute atomic E-state index is 5.16. The summed E-state index contributed by atoms with van der Waals surface area (Å²) in [5.74, 6) is 1.40. The molecule has 28 rings (SSSR count). The van der Waals surface area contributed by atoms with Crippen molar-refractivity contribution < 1.29 is 0 Å². The second-order valence-electron chi connectivity index (χ2n) is 33.7. The zero-order valence-electron chi connectivity index (χ0n) is 69.0. The Morgan fingerprint density at radius 2 is 0.531 bits per heavy atom. The number of rotatable bonds is 8. The number of aromatic nitrogens is 8. The molecule has 4 aliphatic heterocycles. The first-order chi connectivity index (χ1) is 63.5. The van der Waals surface area contributed by atoms with E-state index in [1.54, 1.807) is 0 Å². The lowest BCUT2D eigenvalue weighted by atomic mass is 9.62. The first kappa shape index (κ1) is 72.5. The third kappa shape index (κ3) is 10.5. The Balaban J connectivity index is 0.000000132. The van der Waals surface area contributed by atoms with Gasteiger partial charge in [0, 0.05) is 107 Å². The van der Waals surface area contributed by atoms with Crippen LogP contribution in [0.15, 0.2) is 456 Å². The molecule has 8 nitrogen and oxygen atoms in total. The lowest BCUT2D eigenvalue weighted by molar-refractivity contribution is 0.691. The number of fused-ring (bicyclic) bond motifs is 29. The molecule has 10 heteroatoms. The molecule has 24 aromatic rings. The van der Waals surface area contributed by atoms with Gasteiger partial charge < -0.3 is 18.3 Å². The van der Waals surface area contributed by atoms with Crippen LogP contribution in [-0.4, -0.2) is 38.2 Å². The summed E-state index contributed by atoms with van der Waals surface area (Å²) in [6.45, 7) is 0. The highest BCUT2D eigenvalue weighted by atomic mass is 32.2. The molecule has 2 spiro atoms. The lowest BCUT2D eigenvalue weighted by Crippen LogP contribution is -2.37. The Labute approximate surface area is 745 Å². The van der Waals surface area contributed by atoms with Gasteiger partial charge >= 0.3 is 0 Å². The second kappa shape index (κ2) is 28.3. The summed E-state index contributed by atoms with van der Waals surface area (Å²) in [5.41, 5.74) is 33.6. The molecule has 6 aromatic heterocycles. The molecule has 596 valence electrons. The molecule has 2 atom stereocenters. The molecule has 0 aliphatic carbocycles. The van der Waals surface area contributed by atoms with E-state index in [0.717, 1.165) is 67.5 Å². The fraction of sp³-hybridized carbons (Fsp3) is 0.0169. The standard InChI is InChI=1S/2C59H36N4S/c1-3-16-37(17-4-1)49-35-50(38-18-5-2-6-19-38)61-58(60-49)39-30-32-40(33-31-39)62-51-26-11-8-21-42(51)44-34-48-56(36-54(44)62)64-55-29-14-10-24-46(55)59(48)45-23-9-13-28-53(45)63-52-27-12-7-20-41(52)43-22-15-25-47(59)57(43)63;1-3-16-37(17-4-1)49-36-50(38-18-5-2-6-19-38)61-58(60-49)39-30-32-40(33-31-39)62-51-26-11-7-21-42(51)44-34-35-48-57(56(44)62)64-54-29-14-10-24-46(54)59(48)45-23-9-13-28-53(45)63-52-27-12-8-20-41(52)43-22-15-25-47(59)55(43)63/h2*1-36H. The van der Waals surface area contributed by atoms with Crippen LogP contribution in [0.3, 0.4) is 0 Å². The lowest BCUT2D eigenvalue weighted by Gasteiger charge is -2.45. The van der Waals surface area contributed by atoms with Crippen molar-refractivity contribution in [3.63, 3.8) is 0 Å². The SMILES string of the molecule is c1ccc(-c2cc(-c3ccccc3)nc(-c3ccc(-n4c5ccccc5c5cc6c(cc54)Sc4ccccc4C64c5ccccc5-n5c6ccccc6c6cccc4c65)cc3)n2)cc1.c1ccc(-c2cc(-c3ccccc3)nc(-c3ccc(-n4c5ccccc5c5ccc6c(c54)Sc4ccccc4C64c5ccccc5-n5c6ccccc6c6cccc4c65)cc3)n2)cc1. The molecule has 128 heavy (non-hydrogen) atoms. The van der Waals surface area contributed by atoms with Gasteiger partial charge in [-0.05, 0) is 166 Å². The predicted molar refractivity (Wildman–Crippen MR) is 526 cm³/mol. The summed E-state index contributed by atoms with van der Waals surface area (Å²) in [4.78, 5) is 25.7. The van der Waals surface area contributed by atoms with Crippen LogP contribution in [0.5, 0.6) is 0 Å². The highest BCUT2D eigenvalue weighted by molar-refractivity contribution is 8.00. The Kier molecular flexibility index (Phi) is 16.0. The van der Waals surface area contributed by atoms with Gasteiger partial charge in [-0.1, -0.05) is 339 Å². The Hall–Kier alpha value is -16.0. The van der Waals surface area contributed by atoms with Crippen LogP contribution in [0.4, 0.5) is 0 Å². The zero-order chi connectivity index (χ0) is 83.9. The van der Waals surface area contributed by atoms with E-state index in [0.29, 0.717) is 11.6 Å². The van der Waals surface area contributed by atoms with E-state index in [4.69, 9.17) is 19.9 Å². The molecule has 0 saturated heterocycles. The Bertz CT molecular complexity index is 8640. The molecule has 0 radical (unpaired) electrons. The smallest absolute Gasteiger partial charge is 0.160 e. The fourth-order valence-corrected chi connectivity index (χ4v) is 24.4. The fourth-order valence-electron chi connectivity index (χ4n) is 21.9. The van der Waals surface area contributed by atoms with Crippen molar-refractivity contribution in [1.29, 1.82) is 0 Å². The zero-order valence-corrected chi connectivity index (χ0v) is 70.6. The van der Waals surface area contributed by atoms with Gasteiger partial charge in [0.1, 0.15) is 0 Å². The van der Waals surface area contributed by atoms with E-state index >= 15 is 0 Å². The summed E-state index contributed by atoms with van der Waals surface area (Å²) >= 11 is 3.80. The summed E-state index contributed by atoms with van der Waals surface area (Å²) in [6, 6.07) is 159. The van der Waals surface area contributed by atoms with Crippen molar-refractivity contribution in [3.8, 4) is 90.6 Å². The number of hydrogen-bond acceptors (Lipinski definition) is 6. The highest BCUT2D eigenvalue weighted by Crippen LogP contribution is 2.65. The van der Waals surface area contributed by atoms with Gasteiger partial charge in [0.2, 0.25) is 0 Å². The molecule has 4 aliphatic rings. The van der Waals surface area contributed by atoms with E-state index < -0.39 is 10.8 Å². The molecule has 0 fully saturated rings.